The summed E-state index contributed by atoms with van der Waals surface area (Å²) in [6.45, 7) is 0. The van der Waals surface area contributed by atoms with Gasteiger partial charge in [-0.15, -0.1) is 0 Å². The molecular weight excluding hydrogens is 232 g/mol. The molecular formula is C15H15F2N. The third-order valence-corrected chi connectivity index (χ3v) is 2.91. The summed E-state index contributed by atoms with van der Waals surface area (Å²) < 4.78 is 26.1. The first-order valence-corrected chi connectivity index (χ1v) is 5.93. The summed E-state index contributed by atoms with van der Waals surface area (Å²) in [7, 11) is 0. The van der Waals surface area contributed by atoms with E-state index in [-0.39, 0.29) is 0 Å². The molecule has 0 aliphatic rings. The Morgan fingerprint density at radius 3 is 2.28 bits per heavy atom. The van der Waals surface area contributed by atoms with Crippen LogP contribution in [0.4, 0.5) is 14.5 Å². The minimum Gasteiger partial charge on any atom is -0.399 e. The van der Waals surface area contributed by atoms with Crippen molar-refractivity contribution in [3.05, 3.63) is 65.2 Å². The SMILES string of the molecule is Nc1ccc(CCCc2ccc(F)cc2F)cc1. The largest absolute Gasteiger partial charge is 0.399 e. The van der Waals surface area contributed by atoms with Crippen molar-refractivity contribution in [1.82, 2.24) is 0 Å². The van der Waals surface area contributed by atoms with E-state index in [2.05, 4.69) is 0 Å². The smallest absolute Gasteiger partial charge is 0.129 e. The summed E-state index contributed by atoms with van der Waals surface area (Å²) in [5.41, 5.74) is 8.07. The van der Waals surface area contributed by atoms with Crippen molar-refractivity contribution < 1.29 is 8.78 Å². The van der Waals surface area contributed by atoms with E-state index in [1.165, 1.54) is 17.7 Å². The van der Waals surface area contributed by atoms with E-state index in [9.17, 15) is 8.78 Å². The molecule has 2 N–H and O–H groups in total. The average molecular weight is 247 g/mol. The van der Waals surface area contributed by atoms with Crippen LogP contribution in [0.25, 0.3) is 0 Å². The van der Waals surface area contributed by atoms with Gasteiger partial charge < -0.3 is 5.73 Å². The van der Waals surface area contributed by atoms with Gasteiger partial charge in [0.15, 0.2) is 0 Å². The van der Waals surface area contributed by atoms with Gasteiger partial charge in [-0.1, -0.05) is 18.2 Å². The van der Waals surface area contributed by atoms with Crippen LogP contribution in [0.1, 0.15) is 17.5 Å². The number of benzene rings is 2. The maximum Gasteiger partial charge on any atom is 0.129 e. The van der Waals surface area contributed by atoms with Crippen molar-refractivity contribution in [3.63, 3.8) is 0 Å². The fourth-order valence-corrected chi connectivity index (χ4v) is 1.89. The summed E-state index contributed by atoms with van der Waals surface area (Å²) >= 11 is 0. The highest BCUT2D eigenvalue weighted by Gasteiger charge is 2.03. The molecule has 0 radical (unpaired) electrons. The molecule has 1 nitrogen and oxygen atoms in total. The van der Waals surface area contributed by atoms with Crippen molar-refractivity contribution >= 4 is 5.69 Å². The zero-order valence-corrected chi connectivity index (χ0v) is 10.00. The quantitative estimate of drug-likeness (QED) is 0.819. The monoisotopic (exact) mass is 247 g/mol. The fraction of sp³-hybridized carbons (Fsp3) is 0.200. The Balaban J connectivity index is 1.90. The van der Waals surface area contributed by atoms with Crippen LogP contribution in [0.3, 0.4) is 0 Å². The predicted molar refractivity (Wildman–Crippen MR) is 69.2 cm³/mol. The Bertz CT molecular complexity index is 521. The molecule has 0 saturated heterocycles. The number of hydrogen-bond acceptors (Lipinski definition) is 1. The number of rotatable bonds is 4. The molecule has 2 aromatic carbocycles. The van der Waals surface area contributed by atoms with Crippen molar-refractivity contribution in [2.75, 3.05) is 5.73 Å². The molecule has 0 atom stereocenters. The standard InChI is InChI=1S/C15H15F2N/c16-13-7-6-12(15(17)10-13)3-1-2-11-4-8-14(18)9-5-11/h4-10H,1-3,18H2. The Labute approximate surface area is 105 Å². The molecule has 0 fully saturated rings. The molecule has 0 amide bonds. The summed E-state index contributed by atoms with van der Waals surface area (Å²) in [6.07, 6.45) is 2.29. The lowest BCUT2D eigenvalue weighted by molar-refractivity contribution is 0.569. The topological polar surface area (TPSA) is 26.0 Å². The Morgan fingerprint density at radius 2 is 1.61 bits per heavy atom. The lowest BCUT2D eigenvalue weighted by Crippen LogP contribution is -1.94. The van der Waals surface area contributed by atoms with Crippen LogP contribution in [0.15, 0.2) is 42.5 Å². The van der Waals surface area contributed by atoms with Gasteiger partial charge in [0.25, 0.3) is 0 Å². The van der Waals surface area contributed by atoms with Gasteiger partial charge in [-0.3, -0.25) is 0 Å². The zero-order valence-electron chi connectivity index (χ0n) is 10.00. The molecule has 3 heteroatoms. The second kappa shape index (κ2) is 5.63. The highest BCUT2D eigenvalue weighted by atomic mass is 19.1. The van der Waals surface area contributed by atoms with Crippen LogP contribution < -0.4 is 5.73 Å². The zero-order chi connectivity index (χ0) is 13.0. The molecule has 0 aliphatic carbocycles. The van der Waals surface area contributed by atoms with Gasteiger partial charge in [0.1, 0.15) is 11.6 Å². The van der Waals surface area contributed by atoms with Gasteiger partial charge in [0, 0.05) is 11.8 Å². The fourth-order valence-electron chi connectivity index (χ4n) is 1.89. The third-order valence-electron chi connectivity index (χ3n) is 2.91. The first-order valence-electron chi connectivity index (χ1n) is 5.93. The van der Waals surface area contributed by atoms with Gasteiger partial charge >= 0.3 is 0 Å². The molecule has 94 valence electrons. The van der Waals surface area contributed by atoms with E-state index in [1.807, 2.05) is 24.3 Å². The molecule has 0 aromatic heterocycles. The summed E-state index contributed by atoms with van der Waals surface area (Å²) in [4.78, 5) is 0. The van der Waals surface area contributed by atoms with E-state index in [4.69, 9.17) is 5.73 Å². The summed E-state index contributed by atoms with van der Waals surface area (Å²) in [5.74, 6) is -0.998. The average Bonchev–Trinajstić information content (AvgIpc) is 2.34. The van der Waals surface area contributed by atoms with E-state index in [0.717, 1.165) is 24.6 Å². The van der Waals surface area contributed by atoms with Crippen LogP contribution in [0, 0.1) is 11.6 Å². The van der Waals surface area contributed by atoms with Crippen LogP contribution in [0.5, 0.6) is 0 Å². The van der Waals surface area contributed by atoms with Gasteiger partial charge in [-0.2, -0.15) is 0 Å². The highest BCUT2D eigenvalue weighted by molar-refractivity contribution is 5.39. The molecule has 0 heterocycles. The number of hydrogen-bond donors (Lipinski definition) is 1. The minimum absolute atomic E-state index is 0.465. The highest BCUT2D eigenvalue weighted by Crippen LogP contribution is 2.14. The molecule has 18 heavy (non-hydrogen) atoms. The molecule has 0 saturated carbocycles. The minimum atomic E-state index is -0.533. The first kappa shape index (κ1) is 12.6. The lowest BCUT2D eigenvalue weighted by atomic mass is 10.0. The van der Waals surface area contributed by atoms with Crippen LogP contribution in [-0.2, 0) is 12.8 Å². The maximum atomic E-state index is 13.4. The number of aryl methyl sites for hydroxylation is 2. The Hall–Kier alpha value is -1.90. The second-order valence-corrected chi connectivity index (χ2v) is 4.33. The van der Waals surface area contributed by atoms with Crippen molar-refractivity contribution in [2.45, 2.75) is 19.3 Å². The first-order chi connectivity index (χ1) is 8.65. The number of nitrogen functional groups attached to an aromatic ring is 1. The molecule has 0 aliphatic heterocycles. The molecule has 2 aromatic rings. The van der Waals surface area contributed by atoms with E-state index >= 15 is 0 Å². The van der Waals surface area contributed by atoms with Crippen LogP contribution >= 0.6 is 0 Å². The van der Waals surface area contributed by atoms with Gasteiger partial charge in [-0.25, -0.2) is 8.78 Å². The normalized spacial score (nSPS) is 10.6. The maximum absolute atomic E-state index is 13.4. The summed E-state index contributed by atoms with van der Waals surface area (Å²) in [5, 5.41) is 0. The lowest BCUT2D eigenvalue weighted by Gasteiger charge is -2.04. The molecule has 2 rings (SSSR count). The van der Waals surface area contributed by atoms with Crippen LogP contribution in [-0.4, -0.2) is 0 Å². The molecule has 0 spiro atoms. The van der Waals surface area contributed by atoms with Crippen molar-refractivity contribution in [3.8, 4) is 0 Å². The summed E-state index contributed by atoms with van der Waals surface area (Å²) in [6, 6.07) is 11.4. The predicted octanol–water partition coefficient (Wildman–Crippen LogP) is 3.72. The number of halogens is 2. The van der Waals surface area contributed by atoms with E-state index in [1.54, 1.807) is 0 Å². The van der Waals surface area contributed by atoms with Gasteiger partial charge in [-0.05, 0) is 48.6 Å². The Morgan fingerprint density at radius 1 is 0.889 bits per heavy atom. The van der Waals surface area contributed by atoms with Crippen molar-refractivity contribution in [1.29, 1.82) is 0 Å². The van der Waals surface area contributed by atoms with E-state index < -0.39 is 11.6 Å². The Kier molecular flexibility index (Phi) is 3.92. The van der Waals surface area contributed by atoms with Gasteiger partial charge in [0.2, 0.25) is 0 Å². The molecule has 0 bridgehead atoms. The number of anilines is 1. The van der Waals surface area contributed by atoms with Gasteiger partial charge in [0.05, 0.1) is 0 Å². The third kappa shape index (κ3) is 3.29. The molecule has 0 unspecified atom stereocenters. The van der Waals surface area contributed by atoms with E-state index in [0.29, 0.717) is 12.0 Å². The number of nitrogens with two attached hydrogens (primary N) is 1. The second-order valence-electron chi connectivity index (χ2n) is 4.33. The van der Waals surface area contributed by atoms with Crippen molar-refractivity contribution in [2.24, 2.45) is 0 Å². The van der Waals surface area contributed by atoms with Crippen LogP contribution in [0.2, 0.25) is 0 Å².